The van der Waals surface area contributed by atoms with Crippen LogP contribution in [0.1, 0.15) is 58.5 Å². The summed E-state index contributed by atoms with van der Waals surface area (Å²) in [6, 6.07) is 5.74. The van der Waals surface area contributed by atoms with Crippen molar-refractivity contribution in [1.29, 1.82) is 0 Å². The summed E-state index contributed by atoms with van der Waals surface area (Å²) in [6.07, 6.45) is 4.09. The predicted octanol–water partition coefficient (Wildman–Crippen LogP) is 5.62. The zero-order valence-corrected chi connectivity index (χ0v) is 20.2. The van der Waals surface area contributed by atoms with Gasteiger partial charge in [0.05, 0.1) is 5.69 Å². The number of carbonyl (C=O) groups is 1. The van der Waals surface area contributed by atoms with Crippen LogP contribution in [0, 0.1) is 33.5 Å². The normalized spacial score (nSPS) is 15.0. The molecule has 0 aliphatic carbocycles. The van der Waals surface area contributed by atoms with E-state index in [2.05, 4.69) is 4.72 Å². The average molecular weight is 473 g/mol. The standard InChI is InChI=1S/C25H29FN2O4S/c1-15-14-20-18(4)22(25(29)28-11-7-5-6-8-12-28)32-23(20)24(17(15)3)33(30,31)27-21-10-9-19(26)13-16(21)2/h9-10,13-14,27H,5-8,11-12H2,1-4H3. The van der Waals surface area contributed by atoms with Crippen molar-refractivity contribution >= 4 is 32.6 Å². The van der Waals surface area contributed by atoms with E-state index in [-0.39, 0.29) is 27.8 Å². The molecule has 6 nitrogen and oxygen atoms in total. The maximum absolute atomic E-state index is 13.5. The first-order valence-electron chi connectivity index (χ1n) is 11.2. The monoisotopic (exact) mass is 472 g/mol. The van der Waals surface area contributed by atoms with Crippen LogP contribution in [0.4, 0.5) is 10.1 Å². The Kier molecular flexibility index (Phi) is 6.22. The summed E-state index contributed by atoms with van der Waals surface area (Å²) in [5, 5.41) is 0.604. The fourth-order valence-electron chi connectivity index (χ4n) is 4.43. The van der Waals surface area contributed by atoms with Gasteiger partial charge in [0.15, 0.2) is 11.3 Å². The van der Waals surface area contributed by atoms with E-state index in [4.69, 9.17) is 4.42 Å². The number of benzene rings is 2. The third-order valence-electron chi connectivity index (χ3n) is 6.48. The summed E-state index contributed by atoms with van der Waals surface area (Å²) in [4.78, 5) is 15.1. The predicted molar refractivity (Wildman–Crippen MR) is 127 cm³/mol. The van der Waals surface area contributed by atoms with Gasteiger partial charge in [-0.25, -0.2) is 12.8 Å². The molecule has 2 aromatic carbocycles. The van der Waals surface area contributed by atoms with Gasteiger partial charge in [0.2, 0.25) is 0 Å². The van der Waals surface area contributed by atoms with Gasteiger partial charge in [0.1, 0.15) is 10.7 Å². The molecule has 1 aromatic heterocycles. The minimum absolute atomic E-state index is 0.000702. The van der Waals surface area contributed by atoms with Crippen molar-refractivity contribution < 1.29 is 22.0 Å². The molecule has 0 spiro atoms. The molecule has 0 atom stereocenters. The summed E-state index contributed by atoms with van der Waals surface area (Å²) in [5.41, 5.74) is 2.87. The lowest BCUT2D eigenvalue weighted by atomic mass is 10.0. The average Bonchev–Trinajstić information content (AvgIpc) is 2.93. The molecular weight excluding hydrogens is 443 g/mol. The Morgan fingerprint density at radius 3 is 2.27 bits per heavy atom. The number of nitrogens with one attached hydrogen (secondary N) is 1. The van der Waals surface area contributed by atoms with Gasteiger partial charge in [-0.05, 0) is 81.5 Å². The van der Waals surface area contributed by atoms with Gasteiger partial charge < -0.3 is 9.32 Å². The van der Waals surface area contributed by atoms with Crippen molar-refractivity contribution in [2.45, 2.75) is 58.3 Å². The molecule has 4 rings (SSSR count). The first-order chi connectivity index (χ1) is 15.6. The van der Waals surface area contributed by atoms with Crippen LogP contribution in [0.3, 0.4) is 0 Å². The number of hydrogen-bond acceptors (Lipinski definition) is 4. The molecule has 176 valence electrons. The Morgan fingerprint density at radius 2 is 1.64 bits per heavy atom. The van der Waals surface area contributed by atoms with Crippen LogP contribution in [0.25, 0.3) is 11.0 Å². The number of nitrogens with zero attached hydrogens (tertiary/aromatic N) is 1. The second kappa shape index (κ2) is 8.82. The largest absolute Gasteiger partial charge is 0.449 e. The number of carbonyl (C=O) groups excluding carboxylic acids is 1. The second-order valence-electron chi connectivity index (χ2n) is 8.85. The summed E-state index contributed by atoms with van der Waals surface area (Å²) >= 11 is 0. The Balaban J connectivity index is 1.83. The van der Waals surface area contributed by atoms with E-state index in [0.717, 1.165) is 31.2 Å². The van der Waals surface area contributed by atoms with Gasteiger partial charge in [-0.2, -0.15) is 0 Å². The van der Waals surface area contributed by atoms with E-state index in [1.807, 2.05) is 13.0 Å². The molecule has 8 heteroatoms. The number of hydrogen-bond donors (Lipinski definition) is 1. The molecule has 0 bridgehead atoms. The third-order valence-corrected chi connectivity index (χ3v) is 8.00. The van der Waals surface area contributed by atoms with Gasteiger partial charge in [0, 0.05) is 24.0 Å². The number of furan rings is 1. The van der Waals surface area contributed by atoms with Crippen molar-refractivity contribution in [1.82, 2.24) is 4.90 Å². The van der Waals surface area contributed by atoms with E-state index in [1.54, 1.807) is 25.7 Å². The highest BCUT2D eigenvalue weighted by Crippen LogP contribution is 2.36. The van der Waals surface area contributed by atoms with Crippen LogP contribution >= 0.6 is 0 Å². The number of rotatable bonds is 4. The molecule has 0 radical (unpaired) electrons. The fraction of sp³-hybridized carbons (Fsp3) is 0.400. The van der Waals surface area contributed by atoms with E-state index in [0.29, 0.717) is 35.2 Å². The molecule has 1 saturated heterocycles. The van der Waals surface area contributed by atoms with Crippen LogP contribution in [0.5, 0.6) is 0 Å². The molecule has 1 fully saturated rings. The molecular formula is C25H29FN2O4S. The van der Waals surface area contributed by atoms with Gasteiger partial charge in [0.25, 0.3) is 15.9 Å². The number of anilines is 1. The highest BCUT2D eigenvalue weighted by molar-refractivity contribution is 7.93. The topological polar surface area (TPSA) is 79.6 Å². The van der Waals surface area contributed by atoms with Gasteiger partial charge in [-0.15, -0.1) is 0 Å². The van der Waals surface area contributed by atoms with Crippen LogP contribution in [-0.2, 0) is 10.0 Å². The summed E-state index contributed by atoms with van der Waals surface area (Å²) < 4.78 is 49.1. The molecule has 33 heavy (non-hydrogen) atoms. The SMILES string of the molecule is Cc1cc(F)ccc1NS(=O)(=O)c1c(C)c(C)cc2c(C)c(C(=O)N3CCCCCC3)oc12. The highest BCUT2D eigenvalue weighted by atomic mass is 32.2. The molecule has 0 unspecified atom stereocenters. The van der Waals surface area contributed by atoms with Crippen molar-refractivity contribution in [3.8, 4) is 0 Å². The molecule has 3 aromatic rings. The van der Waals surface area contributed by atoms with E-state index in [9.17, 15) is 17.6 Å². The number of sulfonamides is 1. The minimum Gasteiger partial charge on any atom is -0.449 e. The van der Waals surface area contributed by atoms with Crippen LogP contribution in [0.15, 0.2) is 33.6 Å². The van der Waals surface area contributed by atoms with Gasteiger partial charge >= 0.3 is 0 Å². The Labute approximate surface area is 193 Å². The van der Waals surface area contributed by atoms with Crippen molar-refractivity contribution in [3.05, 3.63) is 58.1 Å². The van der Waals surface area contributed by atoms with Crippen molar-refractivity contribution in [2.75, 3.05) is 17.8 Å². The number of halogens is 1. The number of likely N-dealkylation sites (tertiary alicyclic amines) is 1. The first kappa shape index (κ1) is 23.3. The summed E-state index contributed by atoms with van der Waals surface area (Å²) in [7, 11) is -4.08. The smallest absolute Gasteiger partial charge is 0.289 e. The lowest BCUT2D eigenvalue weighted by Gasteiger charge is -2.19. The van der Waals surface area contributed by atoms with E-state index in [1.165, 1.54) is 18.2 Å². The third kappa shape index (κ3) is 4.36. The lowest BCUT2D eigenvalue weighted by Crippen LogP contribution is -2.31. The van der Waals surface area contributed by atoms with Crippen LogP contribution in [0.2, 0.25) is 0 Å². The zero-order valence-electron chi connectivity index (χ0n) is 19.4. The van der Waals surface area contributed by atoms with Crippen LogP contribution < -0.4 is 4.72 Å². The molecule has 2 heterocycles. The summed E-state index contributed by atoms with van der Waals surface area (Å²) in [5.74, 6) is -0.458. The lowest BCUT2D eigenvalue weighted by molar-refractivity contribution is 0.0731. The molecule has 1 aliphatic heterocycles. The first-order valence-corrected chi connectivity index (χ1v) is 12.7. The minimum atomic E-state index is -4.08. The molecule has 1 amide bonds. The fourth-order valence-corrected chi connectivity index (χ4v) is 6.01. The summed E-state index contributed by atoms with van der Waals surface area (Å²) in [6.45, 7) is 8.32. The number of aryl methyl sites for hydroxylation is 3. The molecule has 1 aliphatic rings. The number of fused-ring (bicyclic) bond motifs is 1. The molecule has 0 saturated carbocycles. The maximum Gasteiger partial charge on any atom is 0.289 e. The van der Waals surface area contributed by atoms with Gasteiger partial charge in [-0.3, -0.25) is 9.52 Å². The Hall–Kier alpha value is -2.87. The number of amides is 1. The van der Waals surface area contributed by atoms with Crippen LogP contribution in [-0.4, -0.2) is 32.3 Å². The van der Waals surface area contributed by atoms with Crippen molar-refractivity contribution in [3.63, 3.8) is 0 Å². The second-order valence-corrected chi connectivity index (χ2v) is 10.5. The van der Waals surface area contributed by atoms with Crippen molar-refractivity contribution in [2.24, 2.45) is 0 Å². The van der Waals surface area contributed by atoms with E-state index < -0.39 is 15.8 Å². The Bertz CT molecular complexity index is 1340. The zero-order chi connectivity index (χ0) is 23.9. The van der Waals surface area contributed by atoms with E-state index >= 15 is 0 Å². The maximum atomic E-state index is 13.5. The Morgan fingerprint density at radius 1 is 0.970 bits per heavy atom. The highest BCUT2D eigenvalue weighted by Gasteiger charge is 2.30. The molecule has 1 N–H and O–H groups in total. The quantitative estimate of drug-likeness (QED) is 0.534. The van der Waals surface area contributed by atoms with Gasteiger partial charge in [-0.1, -0.05) is 12.8 Å².